The standard InChI is InChI=1S/C21H26N6O4S/c1-4-5-6-7-12-25-19(28)17-18(24(3)21(25)29)23-20-26(17)13-14(2)27(20)15-8-10-16(11-9-15)32(22,30)31/h8-11,13H,4-7,12H2,1-3H3,(H2,22,30,31). The topological polar surface area (TPSA) is 126 Å². The normalized spacial score (nSPS) is 12.2. The number of aryl methyl sites for hydroxylation is 2. The van der Waals surface area contributed by atoms with Crippen LogP contribution in [0.4, 0.5) is 0 Å². The molecule has 0 unspecified atom stereocenters. The summed E-state index contributed by atoms with van der Waals surface area (Å²) in [6.45, 7) is 4.33. The molecule has 0 aliphatic rings. The second kappa shape index (κ2) is 8.06. The summed E-state index contributed by atoms with van der Waals surface area (Å²) in [5.74, 6) is 0.455. The Morgan fingerprint density at radius 1 is 1.06 bits per heavy atom. The van der Waals surface area contributed by atoms with Crippen molar-refractivity contribution in [2.24, 2.45) is 12.2 Å². The van der Waals surface area contributed by atoms with Crippen LogP contribution >= 0.6 is 0 Å². The zero-order valence-electron chi connectivity index (χ0n) is 18.3. The lowest BCUT2D eigenvalue weighted by molar-refractivity contribution is 0.539. The number of benzene rings is 1. The lowest BCUT2D eigenvalue weighted by Gasteiger charge is -2.08. The van der Waals surface area contributed by atoms with Gasteiger partial charge in [-0.2, -0.15) is 4.98 Å². The first-order valence-electron chi connectivity index (χ1n) is 10.5. The van der Waals surface area contributed by atoms with Crippen molar-refractivity contribution in [3.05, 3.63) is 57.0 Å². The van der Waals surface area contributed by atoms with E-state index in [0.29, 0.717) is 29.2 Å². The van der Waals surface area contributed by atoms with Gasteiger partial charge in [0.25, 0.3) is 5.56 Å². The Bertz CT molecular complexity index is 1540. The molecule has 0 saturated heterocycles. The first-order valence-corrected chi connectivity index (χ1v) is 12.0. The average Bonchev–Trinajstić information content (AvgIpc) is 3.25. The van der Waals surface area contributed by atoms with Crippen molar-refractivity contribution in [2.75, 3.05) is 0 Å². The molecular formula is C21H26N6O4S. The molecule has 0 fully saturated rings. The van der Waals surface area contributed by atoms with E-state index in [4.69, 9.17) is 5.14 Å². The average molecular weight is 459 g/mol. The van der Waals surface area contributed by atoms with Gasteiger partial charge in [0.1, 0.15) is 0 Å². The predicted molar refractivity (Wildman–Crippen MR) is 122 cm³/mol. The highest BCUT2D eigenvalue weighted by Crippen LogP contribution is 2.22. The summed E-state index contributed by atoms with van der Waals surface area (Å²) in [5, 5.41) is 5.19. The van der Waals surface area contributed by atoms with Crippen LogP contribution < -0.4 is 16.4 Å². The Hall–Kier alpha value is -3.18. The SMILES string of the molecule is CCCCCCn1c(=O)c2c(nc3n(-c4ccc(S(N)(=O)=O)cc4)c(C)cn23)n(C)c1=O. The summed E-state index contributed by atoms with van der Waals surface area (Å²) in [6, 6.07) is 6.08. The van der Waals surface area contributed by atoms with Gasteiger partial charge in [0, 0.05) is 31.2 Å². The molecule has 170 valence electrons. The third-order valence-electron chi connectivity index (χ3n) is 5.68. The summed E-state index contributed by atoms with van der Waals surface area (Å²) >= 11 is 0. The van der Waals surface area contributed by atoms with E-state index in [1.807, 2.05) is 6.92 Å². The smallest absolute Gasteiger partial charge is 0.283 e. The lowest BCUT2D eigenvalue weighted by Crippen LogP contribution is -2.39. The van der Waals surface area contributed by atoms with E-state index in [1.54, 1.807) is 34.3 Å². The fraction of sp³-hybridized carbons (Fsp3) is 0.381. The summed E-state index contributed by atoms with van der Waals surface area (Å²) in [7, 11) is -2.20. The molecule has 0 bridgehead atoms. The van der Waals surface area contributed by atoms with E-state index in [-0.39, 0.29) is 16.1 Å². The molecule has 3 heterocycles. The summed E-state index contributed by atoms with van der Waals surface area (Å²) in [4.78, 5) is 30.7. The molecule has 11 heteroatoms. The van der Waals surface area contributed by atoms with Crippen LogP contribution in [-0.4, -0.2) is 31.5 Å². The van der Waals surface area contributed by atoms with Crippen molar-refractivity contribution >= 4 is 27.0 Å². The maximum atomic E-state index is 13.3. The lowest BCUT2D eigenvalue weighted by atomic mass is 10.2. The van der Waals surface area contributed by atoms with E-state index in [2.05, 4.69) is 11.9 Å². The van der Waals surface area contributed by atoms with Crippen molar-refractivity contribution in [1.82, 2.24) is 23.1 Å². The number of aromatic nitrogens is 5. The number of hydrogen-bond donors (Lipinski definition) is 1. The van der Waals surface area contributed by atoms with Crippen LogP contribution in [0, 0.1) is 6.92 Å². The van der Waals surface area contributed by atoms with E-state index in [9.17, 15) is 18.0 Å². The number of nitrogens with zero attached hydrogens (tertiary/aromatic N) is 5. The molecule has 1 aromatic carbocycles. The number of imidazole rings is 2. The van der Waals surface area contributed by atoms with Crippen LogP contribution in [-0.2, 0) is 23.6 Å². The third-order valence-corrected chi connectivity index (χ3v) is 6.61. The minimum Gasteiger partial charge on any atom is -0.283 e. The maximum absolute atomic E-state index is 13.3. The minimum absolute atomic E-state index is 0.00365. The van der Waals surface area contributed by atoms with E-state index >= 15 is 0 Å². The Morgan fingerprint density at radius 3 is 2.38 bits per heavy atom. The van der Waals surface area contributed by atoms with Crippen molar-refractivity contribution in [3.63, 3.8) is 0 Å². The Balaban J connectivity index is 1.90. The van der Waals surface area contributed by atoms with Gasteiger partial charge in [-0.1, -0.05) is 26.2 Å². The van der Waals surface area contributed by atoms with Crippen molar-refractivity contribution in [3.8, 4) is 5.69 Å². The van der Waals surface area contributed by atoms with Gasteiger partial charge in [-0.05, 0) is 37.6 Å². The first-order chi connectivity index (χ1) is 15.1. The largest absolute Gasteiger partial charge is 0.332 e. The van der Waals surface area contributed by atoms with Gasteiger partial charge in [0.05, 0.1) is 4.90 Å². The highest BCUT2D eigenvalue weighted by molar-refractivity contribution is 7.89. The predicted octanol–water partition coefficient (Wildman–Crippen LogP) is 1.67. The van der Waals surface area contributed by atoms with Gasteiger partial charge in [-0.3, -0.25) is 22.9 Å². The molecule has 4 rings (SSSR count). The molecule has 0 aliphatic carbocycles. The van der Waals surface area contributed by atoms with Gasteiger partial charge >= 0.3 is 5.69 Å². The monoisotopic (exact) mass is 458 g/mol. The third kappa shape index (κ3) is 3.56. The van der Waals surface area contributed by atoms with E-state index in [1.165, 1.54) is 21.3 Å². The van der Waals surface area contributed by atoms with Gasteiger partial charge in [0.2, 0.25) is 15.8 Å². The molecule has 0 atom stereocenters. The van der Waals surface area contributed by atoms with Crippen molar-refractivity contribution in [1.29, 1.82) is 0 Å². The summed E-state index contributed by atoms with van der Waals surface area (Å²) in [6.07, 6.45) is 5.62. The van der Waals surface area contributed by atoms with Gasteiger partial charge in [-0.15, -0.1) is 0 Å². The van der Waals surface area contributed by atoms with Crippen LogP contribution in [0.25, 0.3) is 22.6 Å². The summed E-state index contributed by atoms with van der Waals surface area (Å²) < 4.78 is 29.3. The van der Waals surface area contributed by atoms with Gasteiger partial charge in [0.15, 0.2) is 11.2 Å². The van der Waals surface area contributed by atoms with E-state index < -0.39 is 10.0 Å². The quantitative estimate of drug-likeness (QED) is 0.422. The van der Waals surface area contributed by atoms with Crippen molar-refractivity contribution < 1.29 is 8.42 Å². The number of nitrogens with two attached hydrogens (primary N) is 1. The minimum atomic E-state index is -3.81. The highest BCUT2D eigenvalue weighted by Gasteiger charge is 2.21. The number of sulfonamides is 1. The molecule has 3 aromatic heterocycles. The molecule has 10 nitrogen and oxygen atoms in total. The fourth-order valence-corrected chi connectivity index (χ4v) is 4.52. The Kier molecular flexibility index (Phi) is 5.55. The van der Waals surface area contributed by atoms with E-state index in [0.717, 1.165) is 31.4 Å². The Morgan fingerprint density at radius 2 is 1.75 bits per heavy atom. The molecule has 0 saturated carbocycles. The zero-order chi connectivity index (χ0) is 23.2. The van der Waals surface area contributed by atoms with Crippen LogP contribution in [0.3, 0.4) is 0 Å². The molecule has 0 radical (unpaired) electrons. The molecule has 2 N–H and O–H groups in total. The summed E-state index contributed by atoms with van der Waals surface area (Å²) in [5.41, 5.74) is 1.33. The highest BCUT2D eigenvalue weighted by atomic mass is 32.2. The first kappa shape index (κ1) is 22.0. The molecule has 4 aromatic rings. The van der Waals surface area contributed by atoms with Crippen LogP contribution in [0.15, 0.2) is 44.9 Å². The maximum Gasteiger partial charge on any atom is 0.332 e. The van der Waals surface area contributed by atoms with Crippen molar-refractivity contribution in [2.45, 2.75) is 51.0 Å². The number of rotatable bonds is 7. The molecular weight excluding hydrogens is 432 g/mol. The second-order valence-electron chi connectivity index (χ2n) is 7.96. The van der Waals surface area contributed by atoms with Gasteiger partial charge < -0.3 is 0 Å². The Labute approximate surface area is 184 Å². The number of unbranched alkanes of at least 4 members (excludes halogenated alkanes) is 3. The molecule has 0 aliphatic heterocycles. The number of primary sulfonamides is 1. The molecule has 32 heavy (non-hydrogen) atoms. The zero-order valence-corrected chi connectivity index (χ0v) is 19.1. The van der Waals surface area contributed by atoms with Crippen LogP contribution in [0.2, 0.25) is 0 Å². The second-order valence-corrected chi connectivity index (χ2v) is 9.52. The molecule has 0 amide bonds. The number of fused-ring (bicyclic) bond motifs is 3. The van der Waals surface area contributed by atoms with Crippen LogP contribution in [0.5, 0.6) is 0 Å². The fourth-order valence-electron chi connectivity index (χ4n) is 4.01. The van der Waals surface area contributed by atoms with Crippen LogP contribution in [0.1, 0.15) is 38.3 Å². The number of hydrogen-bond acceptors (Lipinski definition) is 5. The molecule has 0 spiro atoms. The van der Waals surface area contributed by atoms with Gasteiger partial charge in [-0.25, -0.2) is 18.4 Å².